The van der Waals surface area contributed by atoms with Gasteiger partial charge in [0.05, 0.1) is 11.5 Å². The molecule has 2 saturated heterocycles. The number of ether oxygens (including phenoxy) is 3. The quantitative estimate of drug-likeness (QED) is 0.708. The summed E-state index contributed by atoms with van der Waals surface area (Å²) in [7, 11) is -4.02. The number of aryl methyl sites for hydroxylation is 1. The molecule has 8 nitrogen and oxygen atoms in total. The van der Waals surface area contributed by atoms with Crippen molar-refractivity contribution in [1.82, 2.24) is 0 Å². The van der Waals surface area contributed by atoms with E-state index < -0.39 is 53.2 Å². The highest BCUT2D eigenvalue weighted by molar-refractivity contribution is 7.86. The first-order chi connectivity index (χ1) is 11.6. The van der Waals surface area contributed by atoms with Gasteiger partial charge in [0.25, 0.3) is 10.1 Å². The van der Waals surface area contributed by atoms with Crippen molar-refractivity contribution >= 4 is 10.1 Å². The van der Waals surface area contributed by atoms with E-state index >= 15 is 0 Å². The van der Waals surface area contributed by atoms with Crippen molar-refractivity contribution in [2.75, 3.05) is 6.61 Å². The molecule has 140 valence electrons. The maximum absolute atomic E-state index is 12.1. The molecule has 0 spiro atoms. The maximum atomic E-state index is 12.1. The van der Waals surface area contributed by atoms with Crippen LogP contribution in [0.5, 0.6) is 0 Å². The van der Waals surface area contributed by atoms with E-state index in [1.165, 1.54) is 12.1 Å². The van der Waals surface area contributed by atoms with Crippen LogP contribution >= 0.6 is 0 Å². The van der Waals surface area contributed by atoms with E-state index in [-0.39, 0.29) is 4.90 Å². The van der Waals surface area contributed by atoms with Crippen molar-refractivity contribution in [1.29, 1.82) is 0 Å². The summed E-state index contributed by atoms with van der Waals surface area (Å²) in [6.07, 6.45) is -5.16. The van der Waals surface area contributed by atoms with Gasteiger partial charge in [0.2, 0.25) is 0 Å². The molecular weight excluding hydrogens is 352 g/mol. The maximum Gasteiger partial charge on any atom is 0.297 e. The van der Waals surface area contributed by atoms with Crippen LogP contribution in [0.3, 0.4) is 0 Å². The average molecular weight is 374 g/mol. The summed E-state index contributed by atoms with van der Waals surface area (Å²) < 4.78 is 45.6. The van der Waals surface area contributed by atoms with E-state index in [4.69, 9.17) is 18.4 Å². The van der Waals surface area contributed by atoms with Crippen molar-refractivity contribution in [2.24, 2.45) is 0 Å². The first kappa shape index (κ1) is 18.7. The van der Waals surface area contributed by atoms with Crippen molar-refractivity contribution < 1.29 is 37.0 Å². The molecule has 2 N–H and O–H groups in total. The zero-order valence-corrected chi connectivity index (χ0v) is 15.0. The molecule has 2 aliphatic heterocycles. The normalized spacial score (nSPS) is 32.5. The topological polar surface area (TPSA) is 112 Å². The molecule has 0 unspecified atom stereocenters. The van der Waals surface area contributed by atoms with Gasteiger partial charge < -0.3 is 24.4 Å². The minimum atomic E-state index is -4.02. The van der Waals surface area contributed by atoms with Crippen molar-refractivity contribution in [3.63, 3.8) is 0 Å². The molecule has 1 aromatic carbocycles. The van der Waals surface area contributed by atoms with E-state index in [9.17, 15) is 18.6 Å². The summed E-state index contributed by atoms with van der Waals surface area (Å²) in [6, 6.07) is 6.14. The van der Waals surface area contributed by atoms with Gasteiger partial charge in [-0.1, -0.05) is 17.7 Å². The van der Waals surface area contributed by atoms with Crippen LogP contribution in [-0.2, 0) is 28.5 Å². The van der Waals surface area contributed by atoms with Crippen molar-refractivity contribution in [2.45, 2.75) is 62.2 Å². The summed E-state index contributed by atoms with van der Waals surface area (Å²) in [5.74, 6) is -0.891. The molecule has 1 aromatic rings. The van der Waals surface area contributed by atoms with Gasteiger partial charge in [0.1, 0.15) is 24.4 Å². The number of aliphatic hydroxyl groups excluding tert-OH is 2. The fourth-order valence-corrected chi connectivity index (χ4v) is 3.79. The minimum absolute atomic E-state index is 0.0107. The van der Waals surface area contributed by atoms with E-state index in [1.54, 1.807) is 26.0 Å². The predicted octanol–water partition coefficient (Wildman–Crippen LogP) is 0.299. The summed E-state index contributed by atoms with van der Waals surface area (Å²) in [5.41, 5.74) is 0.913. The zero-order valence-electron chi connectivity index (χ0n) is 14.2. The van der Waals surface area contributed by atoms with Gasteiger partial charge in [-0.15, -0.1) is 0 Å². The fourth-order valence-electron chi connectivity index (χ4n) is 2.86. The molecule has 0 saturated carbocycles. The number of aliphatic hydroxyl groups is 2. The first-order valence-corrected chi connectivity index (χ1v) is 9.33. The molecule has 5 atom stereocenters. The average Bonchev–Trinajstić information content (AvgIpc) is 2.99. The highest BCUT2D eigenvalue weighted by atomic mass is 32.2. The third-order valence-corrected chi connectivity index (χ3v) is 5.43. The summed E-state index contributed by atoms with van der Waals surface area (Å²) in [5, 5.41) is 20.4. The molecule has 2 heterocycles. The lowest BCUT2D eigenvalue weighted by atomic mass is 10.1. The van der Waals surface area contributed by atoms with E-state index in [0.29, 0.717) is 0 Å². The van der Waals surface area contributed by atoms with Crippen LogP contribution in [0.2, 0.25) is 0 Å². The number of fused-ring (bicyclic) bond motifs is 1. The number of benzene rings is 1. The third kappa shape index (κ3) is 3.87. The van der Waals surface area contributed by atoms with Crippen LogP contribution in [0, 0.1) is 6.92 Å². The molecular formula is C16H22O8S. The van der Waals surface area contributed by atoms with Crippen molar-refractivity contribution in [3.8, 4) is 0 Å². The number of hydrogen-bond acceptors (Lipinski definition) is 8. The summed E-state index contributed by atoms with van der Waals surface area (Å²) >= 11 is 0. The minimum Gasteiger partial charge on any atom is -0.388 e. The Bertz CT molecular complexity index is 714. The van der Waals surface area contributed by atoms with Gasteiger partial charge in [-0.25, -0.2) is 0 Å². The second kappa shape index (κ2) is 6.58. The predicted molar refractivity (Wildman–Crippen MR) is 85.0 cm³/mol. The Morgan fingerprint density at radius 1 is 1.24 bits per heavy atom. The molecule has 25 heavy (non-hydrogen) atoms. The highest BCUT2D eigenvalue weighted by Crippen LogP contribution is 2.38. The number of rotatable bonds is 5. The van der Waals surface area contributed by atoms with Gasteiger partial charge in [-0.3, -0.25) is 4.18 Å². The molecule has 0 aliphatic carbocycles. The lowest BCUT2D eigenvalue weighted by Crippen LogP contribution is -2.43. The largest absolute Gasteiger partial charge is 0.388 e. The summed E-state index contributed by atoms with van der Waals surface area (Å²) in [4.78, 5) is -0.0107. The third-order valence-electron chi connectivity index (χ3n) is 4.14. The second-order valence-electron chi connectivity index (χ2n) is 6.68. The lowest BCUT2D eigenvalue weighted by molar-refractivity contribution is -0.226. The standard InChI is InChI=1S/C16H22O8S/c1-9-4-6-10(7-5-9)25(19,20)21-8-11(17)13-12(18)14-15(22-13)24-16(2,3)23-14/h4-7,11-15,17-18H,8H2,1-3H3/t11-,12-,13-,14-,15-/m1/s1. The van der Waals surface area contributed by atoms with Gasteiger partial charge in [0.15, 0.2) is 12.1 Å². The van der Waals surface area contributed by atoms with Crippen LogP contribution in [0.4, 0.5) is 0 Å². The Kier molecular flexibility index (Phi) is 4.93. The first-order valence-electron chi connectivity index (χ1n) is 7.92. The zero-order chi connectivity index (χ0) is 18.4. The van der Waals surface area contributed by atoms with Gasteiger partial charge in [-0.05, 0) is 32.9 Å². The Hall–Kier alpha value is -1.07. The molecule has 0 radical (unpaired) electrons. The Labute approximate surface area is 146 Å². The molecule has 2 fully saturated rings. The van der Waals surface area contributed by atoms with Crippen LogP contribution in [0.15, 0.2) is 29.2 Å². The van der Waals surface area contributed by atoms with E-state index in [2.05, 4.69) is 0 Å². The van der Waals surface area contributed by atoms with Gasteiger partial charge in [-0.2, -0.15) is 8.42 Å². The SMILES string of the molecule is Cc1ccc(S(=O)(=O)OC[C@@H](O)[C@H]2O[C@@H]3OC(C)(C)O[C@@H]3[C@@H]2O)cc1. The van der Waals surface area contributed by atoms with Gasteiger partial charge >= 0.3 is 0 Å². The molecule has 9 heteroatoms. The van der Waals surface area contributed by atoms with Crippen LogP contribution < -0.4 is 0 Å². The molecule has 3 rings (SSSR count). The van der Waals surface area contributed by atoms with E-state index in [0.717, 1.165) is 5.56 Å². The monoisotopic (exact) mass is 374 g/mol. The van der Waals surface area contributed by atoms with Crippen LogP contribution in [-0.4, -0.2) is 61.7 Å². The smallest absolute Gasteiger partial charge is 0.297 e. The Balaban J connectivity index is 1.60. The highest BCUT2D eigenvalue weighted by Gasteiger charge is 2.56. The Morgan fingerprint density at radius 2 is 1.88 bits per heavy atom. The Morgan fingerprint density at radius 3 is 2.48 bits per heavy atom. The van der Waals surface area contributed by atoms with Crippen molar-refractivity contribution in [3.05, 3.63) is 29.8 Å². The molecule has 0 aromatic heterocycles. The molecule has 0 bridgehead atoms. The van der Waals surface area contributed by atoms with Crippen LogP contribution in [0.25, 0.3) is 0 Å². The van der Waals surface area contributed by atoms with E-state index in [1.807, 2.05) is 6.92 Å². The lowest BCUT2D eigenvalue weighted by Gasteiger charge is -2.25. The van der Waals surface area contributed by atoms with Gasteiger partial charge in [0, 0.05) is 0 Å². The fraction of sp³-hybridized carbons (Fsp3) is 0.625. The summed E-state index contributed by atoms with van der Waals surface area (Å²) in [6.45, 7) is 4.65. The number of hydrogen-bond donors (Lipinski definition) is 2. The van der Waals surface area contributed by atoms with Crippen LogP contribution in [0.1, 0.15) is 19.4 Å². The second-order valence-corrected chi connectivity index (χ2v) is 8.29. The molecule has 2 aliphatic rings. The molecule has 0 amide bonds.